The lowest BCUT2D eigenvalue weighted by atomic mass is 10.2. The van der Waals surface area contributed by atoms with E-state index in [0.717, 1.165) is 19.5 Å². The number of benzene rings is 1. The maximum absolute atomic E-state index is 14.9. The van der Waals surface area contributed by atoms with E-state index in [4.69, 9.17) is 14.2 Å². The van der Waals surface area contributed by atoms with E-state index in [9.17, 15) is 22.4 Å². The van der Waals surface area contributed by atoms with Crippen molar-refractivity contribution < 1.29 is 36.6 Å². The number of ether oxygens (including phenoxy) is 3. The van der Waals surface area contributed by atoms with Crippen LogP contribution in [0.25, 0.3) is 0 Å². The van der Waals surface area contributed by atoms with Gasteiger partial charge in [-0.2, -0.15) is 18.2 Å². The second-order valence-electron chi connectivity index (χ2n) is 7.63. The summed E-state index contributed by atoms with van der Waals surface area (Å²) < 4.78 is 72.1. The van der Waals surface area contributed by atoms with Crippen molar-refractivity contribution in [3.05, 3.63) is 76.5 Å². The van der Waals surface area contributed by atoms with Crippen molar-refractivity contribution >= 4 is 27.8 Å². The van der Waals surface area contributed by atoms with Gasteiger partial charge in [-0.3, -0.25) is 4.90 Å². The maximum atomic E-state index is 14.9. The first-order valence-electron chi connectivity index (χ1n) is 11.1. The van der Waals surface area contributed by atoms with Crippen molar-refractivity contribution in [2.45, 2.75) is 26.4 Å². The number of rotatable bonds is 9. The number of para-hydroxylation sites is 2. The lowest BCUT2D eigenvalue weighted by Crippen LogP contribution is -2.47. The molecular weight excluding hydrogens is 562 g/mol. The number of carbonyl (C=O) groups is 1. The molecule has 0 spiro atoms. The summed E-state index contributed by atoms with van der Waals surface area (Å²) in [6, 6.07) is 6.45. The topological polar surface area (TPSA) is 64.1 Å². The molecule has 0 unspecified atom stereocenters. The highest BCUT2D eigenvalue weighted by molar-refractivity contribution is 9.10. The largest absolute Gasteiger partial charge is 0.495 e. The number of allylic oxidation sites excluding steroid dienone is 3. The van der Waals surface area contributed by atoms with E-state index in [1.807, 2.05) is 19.9 Å². The first kappa shape index (κ1) is 28.0. The van der Waals surface area contributed by atoms with Gasteiger partial charge in [-0.15, -0.1) is 0 Å². The highest BCUT2D eigenvalue weighted by Gasteiger charge is 2.44. The summed E-state index contributed by atoms with van der Waals surface area (Å²) in [6.07, 6.45) is -1.54. The first-order chi connectivity index (χ1) is 17.5. The molecule has 37 heavy (non-hydrogen) atoms. The fraction of sp³-hybridized carbons (Fsp3) is 0.280. The third-order valence-electron chi connectivity index (χ3n) is 5.00. The minimum absolute atomic E-state index is 0.0967. The summed E-state index contributed by atoms with van der Waals surface area (Å²) in [6.45, 7) is 7.91. The molecule has 0 radical (unpaired) electrons. The maximum Gasteiger partial charge on any atom is 0.431 e. The number of alkyl halides is 3. The van der Waals surface area contributed by atoms with Crippen molar-refractivity contribution in [3.8, 4) is 17.4 Å². The predicted octanol–water partition coefficient (Wildman–Crippen LogP) is 7.32. The standard InChI is InChI=1S/C25H24BrF4N3O4/c1-5-9-16(35-6-2)14-36-19-10-7-8-11-20(19)37-23-17(26)13-18(27)22(31-23)33-15(3)12-21(25(28,29)30)32(4)24(33)34/h7-13H,3,5-6,14H2,1-2,4H3. The van der Waals surface area contributed by atoms with Gasteiger partial charge in [0.2, 0.25) is 5.88 Å². The molecule has 0 saturated heterocycles. The van der Waals surface area contributed by atoms with Gasteiger partial charge in [0.1, 0.15) is 18.1 Å². The molecule has 0 saturated carbocycles. The van der Waals surface area contributed by atoms with Crippen molar-refractivity contribution in [3.63, 3.8) is 0 Å². The molecule has 7 nitrogen and oxygen atoms in total. The van der Waals surface area contributed by atoms with Crippen LogP contribution in [-0.2, 0) is 4.74 Å². The minimum Gasteiger partial charge on any atom is -0.495 e. The summed E-state index contributed by atoms with van der Waals surface area (Å²) in [5.41, 5.74) is -1.65. The Balaban J connectivity index is 1.94. The van der Waals surface area contributed by atoms with Gasteiger partial charge in [0, 0.05) is 12.7 Å². The number of hydrogen-bond donors (Lipinski definition) is 0. The molecule has 1 aromatic carbocycles. The summed E-state index contributed by atoms with van der Waals surface area (Å²) in [7, 11) is 0.923. The molecular formula is C25H24BrF4N3O4. The van der Waals surface area contributed by atoms with Gasteiger partial charge in [0.15, 0.2) is 23.1 Å². The molecule has 1 aromatic heterocycles. The van der Waals surface area contributed by atoms with E-state index < -0.39 is 35.2 Å². The Labute approximate surface area is 219 Å². The number of carbonyl (C=O) groups excluding carboxylic acids is 1. The van der Waals surface area contributed by atoms with Gasteiger partial charge < -0.3 is 14.2 Å². The molecule has 3 rings (SSSR count). The second kappa shape index (κ2) is 11.7. The number of pyridine rings is 1. The molecule has 0 fully saturated rings. The van der Waals surface area contributed by atoms with E-state index in [1.165, 1.54) is 0 Å². The molecule has 198 valence electrons. The summed E-state index contributed by atoms with van der Waals surface area (Å²) in [4.78, 5) is 17.8. The van der Waals surface area contributed by atoms with Crippen molar-refractivity contribution in [2.24, 2.45) is 0 Å². The van der Waals surface area contributed by atoms with Gasteiger partial charge in [-0.1, -0.05) is 25.6 Å². The quantitative estimate of drug-likeness (QED) is 0.228. The van der Waals surface area contributed by atoms with Crippen LogP contribution in [0.3, 0.4) is 0 Å². The zero-order valence-electron chi connectivity index (χ0n) is 20.2. The van der Waals surface area contributed by atoms with Crippen LogP contribution in [0, 0.1) is 5.82 Å². The lowest BCUT2D eigenvalue weighted by Gasteiger charge is -2.34. The molecule has 1 aliphatic heterocycles. The Morgan fingerprint density at radius 3 is 2.51 bits per heavy atom. The van der Waals surface area contributed by atoms with E-state index >= 15 is 0 Å². The monoisotopic (exact) mass is 585 g/mol. The highest BCUT2D eigenvalue weighted by Crippen LogP contribution is 2.39. The van der Waals surface area contributed by atoms with E-state index in [2.05, 4.69) is 27.5 Å². The number of amides is 2. The molecule has 0 N–H and O–H groups in total. The number of anilines is 1. The molecule has 0 bridgehead atoms. The Bertz CT molecular complexity index is 1250. The zero-order chi connectivity index (χ0) is 27.3. The van der Waals surface area contributed by atoms with Crippen LogP contribution in [0.15, 0.2) is 70.7 Å². The SMILES string of the molecule is C=C1C=C(C(F)(F)F)N(C)C(=O)N1c1nc(Oc2ccccc2OCC(=CCC)OCC)c(Br)cc1F. The number of urea groups is 1. The molecule has 0 aliphatic carbocycles. The number of hydrogen-bond acceptors (Lipinski definition) is 5. The van der Waals surface area contributed by atoms with Crippen LogP contribution in [0.4, 0.5) is 28.2 Å². The van der Waals surface area contributed by atoms with Gasteiger partial charge in [-0.25, -0.2) is 14.1 Å². The van der Waals surface area contributed by atoms with E-state index in [-0.39, 0.29) is 22.7 Å². The fourth-order valence-corrected chi connectivity index (χ4v) is 3.71. The predicted molar refractivity (Wildman–Crippen MR) is 133 cm³/mol. The van der Waals surface area contributed by atoms with Crippen LogP contribution in [0.2, 0.25) is 0 Å². The number of nitrogens with zero attached hydrogens (tertiary/aromatic N) is 3. The van der Waals surface area contributed by atoms with Crippen LogP contribution in [0.1, 0.15) is 20.3 Å². The van der Waals surface area contributed by atoms with Crippen molar-refractivity contribution in [1.82, 2.24) is 9.88 Å². The normalized spacial score (nSPS) is 14.6. The van der Waals surface area contributed by atoms with E-state index in [1.54, 1.807) is 24.3 Å². The van der Waals surface area contributed by atoms with Gasteiger partial charge in [-0.05, 0) is 59.6 Å². The van der Waals surface area contributed by atoms with E-state index in [0.29, 0.717) is 34.0 Å². The Morgan fingerprint density at radius 2 is 1.89 bits per heavy atom. The Hall–Kier alpha value is -3.54. The molecule has 0 atom stereocenters. The molecule has 1 aliphatic rings. The van der Waals surface area contributed by atoms with Crippen LogP contribution in [-0.4, -0.2) is 42.4 Å². The average Bonchev–Trinajstić information content (AvgIpc) is 2.83. The van der Waals surface area contributed by atoms with Crippen LogP contribution >= 0.6 is 15.9 Å². The average molecular weight is 586 g/mol. The minimum atomic E-state index is -4.81. The van der Waals surface area contributed by atoms with Gasteiger partial charge in [0.05, 0.1) is 11.1 Å². The molecule has 12 heteroatoms. The third kappa shape index (κ3) is 6.43. The number of aromatic nitrogens is 1. The first-order valence-corrected chi connectivity index (χ1v) is 11.9. The summed E-state index contributed by atoms with van der Waals surface area (Å²) >= 11 is 3.17. The third-order valence-corrected chi connectivity index (χ3v) is 5.57. The molecule has 2 amide bonds. The van der Waals surface area contributed by atoms with Gasteiger partial charge in [0.25, 0.3) is 0 Å². The number of halogens is 5. The molecule has 2 heterocycles. The van der Waals surface area contributed by atoms with Crippen LogP contribution in [0.5, 0.6) is 17.4 Å². The van der Waals surface area contributed by atoms with Gasteiger partial charge >= 0.3 is 12.2 Å². The fourth-order valence-electron chi connectivity index (χ4n) is 3.34. The van der Waals surface area contributed by atoms with Crippen molar-refractivity contribution in [1.29, 1.82) is 0 Å². The second-order valence-corrected chi connectivity index (χ2v) is 8.48. The van der Waals surface area contributed by atoms with Crippen molar-refractivity contribution in [2.75, 3.05) is 25.2 Å². The summed E-state index contributed by atoms with van der Waals surface area (Å²) in [5, 5.41) is 0. The Morgan fingerprint density at radius 1 is 1.22 bits per heavy atom. The smallest absolute Gasteiger partial charge is 0.431 e. The molecule has 2 aromatic rings. The van der Waals surface area contributed by atoms with Crippen LogP contribution < -0.4 is 14.4 Å². The Kier molecular flexibility index (Phi) is 8.85. The highest BCUT2D eigenvalue weighted by atomic mass is 79.9. The lowest BCUT2D eigenvalue weighted by molar-refractivity contribution is -0.106. The summed E-state index contributed by atoms with van der Waals surface area (Å²) in [5.74, 6) is -0.529. The zero-order valence-corrected chi connectivity index (χ0v) is 21.8.